The van der Waals surface area contributed by atoms with Gasteiger partial charge in [0.1, 0.15) is 5.75 Å². The van der Waals surface area contributed by atoms with E-state index in [-0.39, 0.29) is 11.7 Å². The third-order valence-electron chi connectivity index (χ3n) is 5.27. The maximum absolute atomic E-state index is 12.5. The van der Waals surface area contributed by atoms with E-state index >= 15 is 0 Å². The number of methoxy groups -OCH3 is 1. The number of ether oxygens (including phenoxy) is 1. The number of rotatable bonds is 8. The Bertz CT molecular complexity index is 817. The SMILES string of the molecule is COc1cccc(N2CCN(CC(=O)N[C@H](Cc3ccccc3)C(C)=O)CC2)c1. The van der Waals surface area contributed by atoms with Crippen molar-refractivity contribution in [3.8, 4) is 5.75 Å². The quantitative estimate of drug-likeness (QED) is 0.742. The molecule has 2 aromatic carbocycles. The molecule has 0 spiro atoms. The minimum absolute atomic E-state index is 0.0231. The van der Waals surface area contributed by atoms with Crippen molar-refractivity contribution in [2.75, 3.05) is 44.7 Å². The van der Waals surface area contributed by atoms with E-state index in [1.807, 2.05) is 48.5 Å². The first-order valence-electron chi connectivity index (χ1n) is 10.0. The molecule has 0 bridgehead atoms. The zero-order valence-corrected chi connectivity index (χ0v) is 17.1. The molecule has 1 aliphatic rings. The van der Waals surface area contributed by atoms with E-state index in [0.717, 1.165) is 43.2 Å². The first-order chi connectivity index (χ1) is 14.0. The van der Waals surface area contributed by atoms with Gasteiger partial charge in [-0.1, -0.05) is 36.4 Å². The van der Waals surface area contributed by atoms with Crippen molar-refractivity contribution in [2.45, 2.75) is 19.4 Å². The van der Waals surface area contributed by atoms with Crippen LogP contribution in [0.5, 0.6) is 5.75 Å². The molecule has 0 radical (unpaired) electrons. The van der Waals surface area contributed by atoms with Crippen LogP contribution in [0.2, 0.25) is 0 Å². The predicted molar refractivity (Wildman–Crippen MR) is 114 cm³/mol. The molecule has 1 fully saturated rings. The lowest BCUT2D eigenvalue weighted by Crippen LogP contribution is -2.51. The molecule has 6 nitrogen and oxygen atoms in total. The smallest absolute Gasteiger partial charge is 0.234 e. The van der Waals surface area contributed by atoms with Crippen LogP contribution < -0.4 is 15.0 Å². The molecule has 1 N–H and O–H groups in total. The lowest BCUT2D eigenvalue weighted by molar-refractivity contribution is -0.127. The summed E-state index contributed by atoms with van der Waals surface area (Å²) in [7, 11) is 1.67. The van der Waals surface area contributed by atoms with E-state index < -0.39 is 6.04 Å². The van der Waals surface area contributed by atoms with Crippen LogP contribution in [-0.2, 0) is 16.0 Å². The average molecular weight is 396 g/mol. The van der Waals surface area contributed by atoms with Crippen molar-refractivity contribution in [3.63, 3.8) is 0 Å². The third kappa shape index (κ3) is 6.06. The van der Waals surface area contributed by atoms with E-state index in [1.54, 1.807) is 7.11 Å². The Labute approximate surface area is 172 Å². The molecule has 1 aliphatic heterocycles. The standard InChI is InChI=1S/C23H29N3O3/c1-18(27)22(15-19-7-4-3-5-8-19)24-23(28)17-25-11-13-26(14-12-25)20-9-6-10-21(16-20)29-2/h3-10,16,22H,11-15,17H2,1-2H3,(H,24,28)/t22-/m1/s1. The lowest BCUT2D eigenvalue weighted by atomic mass is 10.0. The van der Waals surface area contributed by atoms with E-state index in [2.05, 4.69) is 21.2 Å². The summed E-state index contributed by atoms with van der Waals surface area (Å²) in [6, 6.07) is 17.3. The molecular weight excluding hydrogens is 366 g/mol. The van der Waals surface area contributed by atoms with E-state index in [9.17, 15) is 9.59 Å². The summed E-state index contributed by atoms with van der Waals surface area (Å²) in [6.45, 7) is 5.13. The van der Waals surface area contributed by atoms with E-state index in [4.69, 9.17) is 4.74 Å². The van der Waals surface area contributed by atoms with Crippen molar-refractivity contribution in [1.29, 1.82) is 0 Å². The molecule has 1 amide bonds. The van der Waals surface area contributed by atoms with Crippen molar-refractivity contribution in [1.82, 2.24) is 10.2 Å². The van der Waals surface area contributed by atoms with Gasteiger partial charge in [0, 0.05) is 37.9 Å². The Kier molecular flexibility index (Phi) is 7.25. The molecule has 3 rings (SSSR count). The second-order valence-corrected chi connectivity index (χ2v) is 7.39. The minimum Gasteiger partial charge on any atom is -0.497 e. The van der Waals surface area contributed by atoms with Crippen LogP contribution in [-0.4, -0.2) is 62.5 Å². The minimum atomic E-state index is -0.483. The molecule has 0 aromatic heterocycles. The number of ketones is 1. The number of piperazine rings is 1. The van der Waals surface area contributed by atoms with Gasteiger partial charge in [-0.3, -0.25) is 14.5 Å². The molecule has 1 saturated heterocycles. The first kappa shape index (κ1) is 20.9. The van der Waals surface area contributed by atoms with Gasteiger partial charge in [0.2, 0.25) is 5.91 Å². The maximum Gasteiger partial charge on any atom is 0.234 e. The summed E-state index contributed by atoms with van der Waals surface area (Å²) in [5, 5.41) is 2.91. The van der Waals surface area contributed by atoms with Gasteiger partial charge in [0.15, 0.2) is 5.78 Å². The highest BCUT2D eigenvalue weighted by atomic mass is 16.5. The lowest BCUT2D eigenvalue weighted by Gasteiger charge is -2.36. The van der Waals surface area contributed by atoms with E-state index in [0.29, 0.717) is 13.0 Å². The fourth-order valence-electron chi connectivity index (χ4n) is 3.56. The van der Waals surface area contributed by atoms with Gasteiger partial charge in [0.05, 0.1) is 19.7 Å². The summed E-state index contributed by atoms with van der Waals surface area (Å²) in [6.07, 6.45) is 0.519. The number of carbonyl (C=O) groups excluding carboxylic acids is 2. The summed E-state index contributed by atoms with van der Waals surface area (Å²) < 4.78 is 5.30. The number of carbonyl (C=O) groups is 2. The van der Waals surface area contributed by atoms with Crippen LogP contribution in [0.25, 0.3) is 0 Å². The Morgan fingerprint density at radius 3 is 2.41 bits per heavy atom. The van der Waals surface area contributed by atoms with Crippen molar-refractivity contribution in [2.24, 2.45) is 0 Å². The van der Waals surface area contributed by atoms with Crippen LogP contribution >= 0.6 is 0 Å². The molecule has 0 unspecified atom stereocenters. The molecule has 154 valence electrons. The first-order valence-corrected chi connectivity index (χ1v) is 10.0. The fourth-order valence-corrected chi connectivity index (χ4v) is 3.56. The molecule has 1 atom stereocenters. The van der Waals surface area contributed by atoms with Crippen LogP contribution in [0.3, 0.4) is 0 Å². The van der Waals surface area contributed by atoms with Crippen molar-refractivity contribution in [3.05, 3.63) is 60.2 Å². The summed E-state index contributed by atoms with van der Waals surface area (Å²) in [5.74, 6) is 0.721. The Balaban J connectivity index is 1.49. The number of nitrogens with zero attached hydrogens (tertiary/aromatic N) is 2. The number of anilines is 1. The second kappa shape index (κ2) is 10.1. The van der Waals surface area contributed by atoms with Gasteiger partial charge >= 0.3 is 0 Å². The Hall–Kier alpha value is -2.86. The Morgan fingerprint density at radius 2 is 1.76 bits per heavy atom. The van der Waals surface area contributed by atoms with Gasteiger partial charge in [0.25, 0.3) is 0 Å². The summed E-state index contributed by atoms with van der Waals surface area (Å²) in [5.41, 5.74) is 2.17. The van der Waals surface area contributed by atoms with Gasteiger partial charge in [-0.25, -0.2) is 0 Å². The van der Waals surface area contributed by atoms with Gasteiger partial charge in [-0.15, -0.1) is 0 Å². The van der Waals surface area contributed by atoms with Crippen LogP contribution in [0, 0.1) is 0 Å². The number of nitrogens with one attached hydrogen (secondary N) is 1. The van der Waals surface area contributed by atoms with Crippen molar-refractivity contribution < 1.29 is 14.3 Å². The predicted octanol–water partition coefficient (Wildman–Crippen LogP) is 2.13. The highest BCUT2D eigenvalue weighted by molar-refractivity contribution is 5.88. The number of hydrogen-bond acceptors (Lipinski definition) is 5. The van der Waals surface area contributed by atoms with Crippen molar-refractivity contribution >= 4 is 17.4 Å². The molecule has 0 saturated carbocycles. The highest BCUT2D eigenvalue weighted by Gasteiger charge is 2.22. The zero-order valence-electron chi connectivity index (χ0n) is 17.1. The van der Waals surface area contributed by atoms with Crippen LogP contribution in [0.1, 0.15) is 12.5 Å². The topological polar surface area (TPSA) is 61.9 Å². The van der Waals surface area contributed by atoms with Crippen LogP contribution in [0.4, 0.5) is 5.69 Å². The van der Waals surface area contributed by atoms with Crippen LogP contribution in [0.15, 0.2) is 54.6 Å². The number of hydrogen-bond donors (Lipinski definition) is 1. The highest BCUT2D eigenvalue weighted by Crippen LogP contribution is 2.22. The average Bonchev–Trinajstić information content (AvgIpc) is 2.74. The number of amides is 1. The summed E-state index contributed by atoms with van der Waals surface area (Å²) >= 11 is 0. The molecule has 1 heterocycles. The molecular formula is C23H29N3O3. The molecule has 0 aliphatic carbocycles. The molecule has 29 heavy (non-hydrogen) atoms. The monoisotopic (exact) mass is 395 g/mol. The molecule has 6 heteroatoms. The second-order valence-electron chi connectivity index (χ2n) is 7.39. The Morgan fingerprint density at radius 1 is 1.03 bits per heavy atom. The van der Waals surface area contributed by atoms with Gasteiger partial charge in [-0.05, 0) is 31.0 Å². The maximum atomic E-state index is 12.5. The van der Waals surface area contributed by atoms with Gasteiger partial charge in [-0.2, -0.15) is 0 Å². The third-order valence-corrected chi connectivity index (χ3v) is 5.27. The van der Waals surface area contributed by atoms with Gasteiger partial charge < -0.3 is 15.0 Å². The number of benzene rings is 2. The zero-order chi connectivity index (χ0) is 20.6. The largest absolute Gasteiger partial charge is 0.497 e. The fraction of sp³-hybridized carbons (Fsp3) is 0.391. The normalized spacial score (nSPS) is 15.6. The molecule has 2 aromatic rings. The number of Topliss-reactive ketones (excluding diaryl/α,β-unsaturated/α-hetero) is 1. The van der Waals surface area contributed by atoms with E-state index in [1.165, 1.54) is 6.92 Å². The summed E-state index contributed by atoms with van der Waals surface area (Å²) in [4.78, 5) is 28.9.